The molecule has 40 heavy (non-hydrogen) atoms. The molecule has 2 unspecified atom stereocenters. The summed E-state index contributed by atoms with van der Waals surface area (Å²) in [6, 6.07) is 19.1. The maximum Gasteiger partial charge on any atom is 0.257 e. The van der Waals surface area contributed by atoms with Crippen LogP contribution in [0.4, 0.5) is 15.8 Å². The molecular formula is C34H38FN3O2. The highest BCUT2D eigenvalue weighted by atomic mass is 19.1. The zero-order chi connectivity index (χ0) is 27.6. The SMILES string of the molecule is Cc1cccc(F)c1C(=O)N1CCCC(C(=O)Nc2ccc3c(c2)CCC3)C1c1ccc(NC2CCCC2)cc1. The van der Waals surface area contributed by atoms with Crippen LogP contribution in [0.15, 0.2) is 60.7 Å². The van der Waals surface area contributed by atoms with E-state index in [9.17, 15) is 14.0 Å². The molecule has 1 aliphatic heterocycles. The third-order valence-corrected chi connectivity index (χ3v) is 9.01. The number of nitrogens with one attached hydrogen (secondary N) is 2. The predicted molar refractivity (Wildman–Crippen MR) is 157 cm³/mol. The molecule has 0 bridgehead atoms. The molecule has 2 fully saturated rings. The van der Waals surface area contributed by atoms with Crippen molar-refractivity contribution in [3.63, 3.8) is 0 Å². The second-order valence-corrected chi connectivity index (χ2v) is 11.7. The number of benzene rings is 3. The van der Waals surface area contributed by atoms with Crippen molar-refractivity contribution in [2.24, 2.45) is 5.92 Å². The summed E-state index contributed by atoms with van der Waals surface area (Å²) < 4.78 is 14.9. The Labute approximate surface area is 236 Å². The Kier molecular flexibility index (Phi) is 7.59. The summed E-state index contributed by atoms with van der Waals surface area (Å²) in [7, 11) is 0. The predicted octanol–water partition coefficient (Wildman–Crippen LogP) is 7.21. The number of anilines is 2. The highest BCUT2D eigenvalue weighted by molar-refractivity contribution is 5.98. The van der Waals surface area contributed by atoms with Crippen molar-refractivity contribution in [2.75, 3.05) is 17.2 Å². The van der Waals surface area contributed by atoms with Crippen LogP contribution in [0, 0.1) is 18.7 Å². The van der Waals surface area contributed by atoms with Gasteiger partial charge in [0, 0.05) is 24.0 Å². The maximum atomic E-state index is 14.9. The highest BCUT2D eigenvalue weighted by Gasteiger charge is 2.40. The number of amides is 2. The van der Waals surface area contributed by atoms with E-state index in [2.05, 4.69) is 34.9 Å². The molecule has 5 nitrogen and oxygen atoms in total. The molecule has 1 heterocycles. The molecule has 3 aromatic rings. The second kappa shape index (κ2) is 11.4. The number of carbonyl (C=O) groups is 2. The fourth-order valence-electron chi connectivity index (χ4n) is 6.92. The van der Waals surface area contributed by atoms with Crippen molar-refractivity contribution in [1.29, 1.82) is 0 Å². The fourth-order valence-corrected chi connectivity index (χ4v) is 6.92. The molecule has 3 aromatic carbocycles. The van der Waals surface area contributed by atoms with Crippen molar-refractivity contribution < 1.29 is 14.0 Å². The summed E-state index contributed by atoms with van der Waals surface area (Å²) in [5.74, 6) is -1.43. The molecule has 2 amide bonds. The summed E-state index contributed by atoms with van der Waals surface area (Å²) in [4.78, 5) is 29.5. The number of nitrogens with zero attached hydrogens (tertiary/aromatic N) is 1. The number of carbonyl (C=O) groups excluding carboxylic acids is 2. The minimum Gasteiger partial charge on any atom is -0.382 e. The van der Waals surface area contributed by atoms with Gasteiger partial charge in [0.15, 0.2) is 0 Å². The van der Waals surface area contributed by atoms with E-state index < -0.39 is 17.8 Å². The topological polar surface area (TPSA) is 61.4 Å². The van der Waals surface area contributed by atoms with E-state index in [4.69, 9.17) is 0 Å². The molecule has 6 rings (SSSR count). The van der Waals surface area contributed by atoms with E-state index in [1.54, 1.807) is 24.0 Å². The van der Waals surface area contributed by atoms with Crippen LogP contribution in [0.25, 0.3) is 0 Å². The van der Waals surface area contributed by atoms with E-state index >= 15 is 0 Å². The smallest absolute Gasteiger partial charge is 0.257 e. The van der Waals surface area contributed by atoms with Crippen LogP contribution in [0.1, 0.15) is 83.6 Å². The van der Waals surface area contributed by atoms with E-state index in [-0.39, 0.29) is 17.4 Å². The lowest BCUT2D eigenvalue weighted by molar-refractivity contribution is -0.123. The van der Waals surface area contributed by atoms with Crippen molar-refractivity contribution in [2.45, 2.75) is 76.8 Å². The summed E-state index contributed by atoms with van der Waals surface area (Å²) in [6.45, 7) is 2.23. The van der Waals surface area contributed by atoms with E-state index in [1.807, 2.05) is 18.2 Å². The fraction of sp³-hybridized carbons (Fsp3) is 0.412. The highest BCUT2D eigenvalue weighted by Crippen LogP contribution is 2.39. The lowest BCUT2D eigenvalue weighted by atomic mass is 9.83. The minimum atomic E-state index is -0.524. The van der Waals surface area contributed by atoms with Crippen LogP contribution in [-0.2, 0) is 17.6 Å². The van der Waals surface area contributed by atoms with Gasteiger partial charge in [-0.05, 0) is 104 Å². The largest absolute Gasteiger partial charge is 0.382 e. The first-order valence-corrected chi connectivity index (χ1v) is 14.8. The maximum absolute atomic E-state index is 14.9. The standard InChI is InChI=1S/C34H38FN3O2/c1-22-7-4-13-30(35)31(22)34(40)38-20-6-12-29(33(39)37-28-19-14-23-8-5-9-25(23)21-28)32(38)24-15-17-27(18-16-24)36-26-10-2-3-11-26/h4,7,13-19,21,26,29,32,36H,2-3,5-6,8-12,20H2,1H3,(H,37,39). The molecule has 208 valence electrons. The molecule has 3 aliphatic rings. The van der Waals surface area contributed by atoms with Gasteiger partial charge in [0.1, 0.15) is 5.82 Å². The van der Waals surface area contributed by atoms with Crippen molar-refractivity contribution in [1.82, 2.24) is 4.90 Å². The van der Waals surface area contributed by atoms with Gasteiger partial charge in [0.05, 0.1) is 17.5 Å². The molecule has 0 radical (unpaired) electrons. The Morgan fingerprint density at radius 2 is 1.60 bits per heavy atom. The average molecular weight is 540 g/mol. The number of rotatable bonds is 6. The van der Waals surface area contributed by atoms with Gasteiger partial charge < -0.3 is 15.5 Å². The van der Waals surface area contributed by atoms with Gasteiger partial charge in [0.2, 0.25) is 5.91 Å². The number of likely N-dealkylation sites (tertiary alicyclic amines) is 1. The van der Waals surface area contributed by atoms with Crippen molar-refractivity contribution >= 4 is 23.2 Å². The molecule has 2 N–H and O–H groups in total. The summed E-state index contributed by atoms with van der Waals surface area (Å²) in [6.07, 6.45) is 9.48. The Bertz CT molecular complexity index is 1380. The van der Waals surface area contributed by atoms with Crippen LogP contribution in [0.2, 0.25) is 0 Å². The first-order chi connectivity index (χ1) is 19.5. The Morgan fingerprint density at radius 3 is 2.38 bits per heavy atom. The third kappa shape index (κ3) is 5.36. The normalized spacial score (nSPS) is 20.8. The number of fused-ring (bicyclic) bond motifs is 1. The number of hydrogen-bond donors (Lipinski definition) is 2. The molecule has 1 saturated carbocycles. The second-order valence-electron chi connectivity index (χ2n) is 11.7. The summed E-state index contributed by atoms with van der Waals surface area (Å²) in [5, 5.41) is 6.78. The van der Waals surface area contributed by atoms with Crippen LogP contribution in [-0.4, -0.2) is 29.3 Å². The number of halogens is 1. The van der Waals surface area contributed by atoms with E-state index in [0.29, 0.717) is 31.0 Å². The zero-order valence-corrected chi connectivity index (χ0v) is 23.2. The lowest BCUT2D eigenvalue weighted by Gasteiger charge is -2.41. The van der Waals surface area contributed by atoms with Gasteiger partial charge in [-0.3, -0.25) is 9.59 Å². The average Bonchev–Trinajstić information content (AvgIpc) is 3.65. The molecule has 2 atom stereocenters. The Hall–Kier alpha value is -3.67. The van der Waals surface area contributed by atoms with E-state index in [1.165, 1.54) is 42.9 Å². The van der Waals surface area contributed by atoms with E-state index in [0.717, 1.165) is 36.2 Å². The first-order valence-electron chi connectivity index (χ1n) is 14.8. The number of piperidine rings is 1. The molecule has 0 aromatic heterocycles. The van der Waals surface area contributed by atoms with Crippen LogP contribution < -0.4 is 10.6 Å². The van der Waals surface area contributed by atoms with Crippen LogP contribution in [0.3, 0.4) is 0 Å². The molecule has 1 saturated heterocycles. The Morgan fingerprint density at radius 1 is 0.850 bits per heavy atom. The van der Waals surface area contributed by atoms with Gasteiger partial charge in [0.25, 0.3) is 5.91 Å². The lowest BCUT2D eigenvalue weighted by Crippen LogP contribution is -2.46. The monoisotopic (exact) mass is 539 g/mol. The van der Waals surface area contributed by atoms with Gasteiger partial charge in [-0.25, -0.2) is 4.39 Å². The van der Waals surface area contributed by atoms with Gasteiger partial charge in [-0.15, -0.1) is 0 Å². The van der Waals surface area contributed by atoms with Crippen molar-refractivity contribution in [3.8, 4) is 0 Å². The molecule has 0 spiro atoms. The van der Waals surface area contributed by atoms with Crippen LogP contribution >= 0.6 is 0 Å². The first kappa shape index (κ1) is 26.5. The van der Waals surface area contributed by atoms with Gasteiger partial charge in [-0.2, -0.15) is 0 Å². The third-order valence-electron chi connectivity index (χ3n) is 9.01. The number of hydrogen-bond acceptors (Lipinski definition) is 3. The van der Waals surface area contributed by atoms with Crippen molar-refractivity contribution in [3.05, 3.63) is 94.3 Å². The zero-order valence-electron chi connectivity index (χ0n) is 23.2. The molecule has 6 heteroatoms. The summed E-state index contributed by atoms with van der Waals surface area (Å²) in [5.41, 5.74) is 6.10. The Balaban J connectivity index is 1.31. The number of aryl methyl sites for hydroxylation is 3. The molecule has 2 aliphatic carbocycles. The van der Waals surface area contributed by atoms with Crippen LogP contribution in [0.5, 0.6) is 0 Å². The minimum absolute atomic E-state index is 0.0895. The van der Waals surface area contributed by atoms with Gasteiger partial charge >= 0.3 is 0 Å². The summed E-state index contributed by atoms with van der Waals surface area (Å²) >= 11 is 0. The molecular weight excluding hydrogens is 501 g/mol. The van der Waals surface area contributed by atoms with Gasteiger partial charge in [-0.1, -0.05) is 43.2 Å². The quantitative estimate of drug-likeness (QED) is 0.348.